The Hall–Kier alpha value is -0.920. The first-order chi connectivity index (χ1) is 10.7. The molecule has 0 heterocycles. The van der Waals surface area contributed by atoms with Crippen molar-refractivity contribution in [1.82, 2.24) is 0 Å². The van der Waals surface area contributed by atoms with Crippen molar-refractivity contribution in [2.24, 2.45) is 17.8 Å². The van der Waals surface area contributed by atoms with Crippen LogP contribution in [0.3, 0.4) is 0 Å². The van der Waals surface area contributed by atoms with Gasteiger partial charge in [-0.15, -0.1) is 0 Å². The molecule has 0 N–H and O–H groups in total. The van der Waals surface area contributed by atoms with Crippen molar-refractivity contribution in [3.05, 3.63) is 35.9 Å². The molecule has 0 atom stereocenters. The van der Waals surface area contributed by atoms with Crippen molar-refractivity contribution in [2.45, 2.75) is 71.1 Å². The van der Waals surface area contributed by atoms with Gasteiger partial charge in [0, 0.05) is 0 Å². The van der Waals surface area contributed by atoms with Crippen LogP contribution in [-0.4, -0.2) is 0 Å². The van der Waals surface area contributed by atoms with Crippen molar-refractivity contribution < 1.29 is 8.78 Å². The summed E-state index contributed by atoms with van der Waals surface area (Å²) in [5.41, 5.74) is 0. The minimum absolute atomic E-state index is 0.799. The third kappa shape index (κ3) is 5.37. The Morgan fingerprint density at radius 1 is 0.773 bits per heavy atom. The molecule has 0 unspecified atom stereocenters. The third-order valence-corrected chi connectivity index (χ3v) is 5.61. The van der Waals surface area contributed by atoms with Crippen LogP contribution in [0.15, 0.2) is 24.3 Å². The van der Waals surface area contributed by atoms with E-state index in [0.29, 0.717) is 0 Å². The number of hydrogen-bond acceptors (Lipinski definition) is 0. The van der Waals surface area contributed by atoms with Gasteiger partial charge >= 0.3 is 0 Å². The topological polar surface area (TPSA) is 0 Å². The summed E-state index contributed by atoms with van der Waals surface area (Å²) in [5.74, 6) is 1.73. The lowest BCUT2D eigenvalue weighted by molar-refractivity contribution is 0.165. The quantitative estimate of drug-likeness (QED) is 0.567. The highest BCUT2D eigenvalue weighted by Crippen LogP contribution is 2.40. The van der Waals surface area contributed by atoms with Crippen LogP contribution in [-0.2, 0) is 0 Å². The molecular weight excluding hydrogens is 278 g/mol. The van der Waals surface area contributed by atoms with Crippen LogP contribution in [0.25, 0.3) is 0 Å². The van der Waals surface area contributed by atoms with Crippen LogP contribution in [0.1, 0.15) is 71.1 Å². The van der Waals surface area contributed by atoms with Crippen LogP contribution < -0.4 is 0 Å². The van der Waals surface area contributed by atoms with Gasteiger partial charge in [0.2, 0.25) is 0 Å². The SMILES string of the molecule is CCC1CCC(C2CCCCC2)CC1.Fc1ccccc1F. The van der Waals surface area contributed by atoms with Gasteiger partial charge in [-0.25, -0.2) is 8.78 Å². The van der Waals surface area contributed by atoms with Gasteiger partial charge in [0.15, 0.2) is 11.6 Å². The largest absolute Gasteiger partial charge is 0.204 e. The first-order valence-electron chi connectivity index (χ1n) is 9.10. The molecule has 0 aliphatic heterocycles. The smallest absolute Gasteiger partial charge is 0.158 e. The van der Waals surface area contributed by atoms with E-state index in [-0.39, 0.29) is 0 Å². The van der Waals surface area contributed by atoms with E-state index < -0.39 is 11.6 Å². The summed E-state index contributed by atoms with van der Waals surface area (Å²) in [6.07, 6.45) is 15.3. The molecule has 3 rings (SSSR count). The van der Waals surface area contributed by atoms with Gasteiger partial charge in [0.25, 0.3) is 0 Å². The molecule has 2 saturated carbocycles. The van der Waals surface area contributed by atoms with Gasteiger partial charge in [-0.05, 0) is 42.7 Å². The van der Waals surface area contributed by atoms with Crippen molar-refractivity contribution >= 4 is 0 Å². The predicted molar refractivity (Wildman–Crippen MR) is 88.7 cm³/mol. The maximum Gasteiger partial charge on any atom is 0.158 e. The zero-order chi connectivity index (χ0) is 15.8. The van der Waals surface area contributed by atoms with Gasteiger partial charge < -0.3 is 0 Å². The zero-order valence-corrected chi connectivity index (χ0v) is 13.9. The fourth-order valence-corrected chi connectivity index (χ4v) is 4.11. The van der Waals surface area contributed by atoms with Crippen LogP contribution in [0, 0.1) is 29.4 Å². The second-order valence-electron chi connectivity index (χ2n) is 7.00. The molecule has 0 amide bonds. The first-order valence-corrected chi connectivity index (χ1v) is 9.10. The molecule has 0 bridgehead atoms. The summed E-state index contributed by atoms with van der Waals surface area (Å²) in [6.45, 7) is 2.37. The van der Waals surface area contributed by atoms with E-state index in [4.69, 9.17) is 0 Å². The highest BCUT2D eigenvalue weighted by atomic mass is 19.2. The molecule has 0 radical (unpaired) electrons. The van der Waals surface area contributed by atoms with E-state index in [2.05, 4.69) is 6.92 Å². The molecule has 1 aromatic carbocycles. The molecule has 2 fully saturated rings. The van der Waals surface area contributed by atoms with Gasteiger partial charge in [-0.3, -0.25) is 0 Å². The third-order valence-electron chi connectivity index (χ3n) is 5.61. The summed E-state index contributed by atoms with van der Waals surface area (Å²) >= 11 is 0. The molecule has 124 valence electrons. The highest BCUT2D eigenvalue weighted by Gasteiger charge is 2.27. The van der Waals surface area contributed by atoms with Crippen molar-refractivity contribution in [1.29, 1.82) is 0 Å². The van der Waals surface area contributed by atoms with Crippen LogP contribution in [0.2, 0.25) is 0 Å². The van der Waals surface area contributed by atoms with E-state index in [0.717, 1.165) is 29.9 Å². The van der Waals surface area contributed by atoms with Crippen molar-refractivity contribution in [2.75, 3.05) is 0 Å². The lowest BCUT2D eigenvalue weighted by Crippen LogP contribution is -2.23. The molecule has 22 heavy (non-hydrogen) atoms. The number of hydrogen-bond donors (Lipinski definition) is 0. The Labute approximate surface area is 134 Å². The number of halogens is 2. The molecule has 2 heteroatoms. The predicted octanol–water partition coefficient (Wildman–Crippen LogP) is 6.75. The Balaban J connectivity index is 0.000000188. The van der Waals surface area contributed by atoms with E-state index in [1.807, 2.05) is 0 Å². The Morgan fingerprint density at radius 2 is 1.27 bits per heavy atom. The summed E-state index contributed by atoms with van der Waals surface area (Å²) in [6, 6.07) is 5.04. The van der Waals surface area contributed by atoms with E-state index in [1.54, 1.807) is 25.7 Å². The molecule has 1 aromatic rings. The Kier molecular flexibility index (Phi) is 7.35. The lowest BCUT2D eigenvalue weighted by atomic mass is 9.71. The average Bonchev–Trinajstić information content (AvgIpc) is 2.59. The van der Waals surface area contributed by atoms with Gasteiger partial charge in [-0.2, -0.15) is 0 Å². The summed E-state index contributed by atoms with van der Waals surface area (Å²) in [7, 11) is 0. The maximum atomic E-state index is 11.9. The Morgan fingerprint density at radius 3 is 1.73 bits per heavy atom. The fraction of sp³-hybridized carbons (Fsp3) is 0.700. The number of rotatable bonds is 2. The average molecular weight is 308 g/mol. The summed E-state index contributed by atoms with van der Waals surface area (Å²) in [5, 5.41) is 0. The van der Waals surface area contributed by atoms with Crippen molar-refractivity contribution in [3.8, 4) is 0 Å². The number of benzene rings is 1. The van der Waals surface area contributed by atoms with Crippen LogP contribution >= 0.6 is 0 Å². The van der Waals surface area contributed by atoms with Gasteiger partial charge in [0.1, 0.15) is 0 Å². The monoisotopic (exact) mass is 308 g/mol. The molecule has 0 spiro atoms. The van der Waals surface area contributed by atoms with Gasteiger partial charge in [0.05, 0.1) is 0 Å². The first kappa shape index (κ1) is 17.4. The van der Waals surface area contributed by atoms with Crippen LogP contribution in [0.4, 0.5) is 8.78 Å². The maximum absolute atomic E-state index is 11.9. The minimum atomic E-state index is -0.799. The second-order valence-corrected chi connectivity index (χ2v) is 7.00. The van der Waals surface area contributed by atoms with E-state index in [1.165, 1.54) is 50.7 Å². The van der Waals surface area contributed by atoms with Crippen LogP contribution in [0.5, 0.6) is 0 Å². The highest BCUT2D eigenvalue weighted by molar-refractivity contribution is 5.05. The standard InChI is InChI=1S/C14H26.C6H4F2/c1-2-12-8-10-14(11-9-12)13-6-4-3-5-7-13;7-5-3-1-2-4-6(5)8/h12-14H,2-11H2,1H3;1-4H. The summed E-state index contributed by atoms with van der Waals surface area (Å²) < 4.78 is 23.9. The zero-order valence-electron chi connectivity index (χ0n) is 13.9. The molecule has 2 aliphatic rings. The second kappa shape index (κ2) is 9.27. The molecule has 0 saturated heterocycles. The molecular formula is C20H30F2. The normalized spacial score (nSPS) is 26.1. The molecule has 2 aliphatic carbocycles. The molecule has 0 nitrogen and oxygen atoms in total. The summed E-state index contributed by atoms with van der Waals surface area (Å²) in [4.78, 5) is 0. The Bertz CT molecular complexity index is 394. The lowest BCUT2D eigenvalue weighted by Gasteiger charge is -2.35. The minimum Gasteiger partial charge on any atom is -0.204 e. The fourth-order valence-electron chi connectivity index (χ4n) is 4.11. The van der Waals surface area contributed by atoms with E-state index >= 15 is 0 Å². The van der Waals surface area contributed by atoms with Gasteiger partial charge in [-0.1, -0.05) is 70.4 Å². The molecule has 0 aromatic heterocycles. The van der Waals surface area contributed by atoms with Crippen molar-refractivity contribution in [3.63, 3.8) is 0 Å². The van der Waals surface area contributed by atoms with E-state index in [9.17, 15) is 8.78 Å².